The summed E-state index contributed by atoms with van der Waals surface area (Å²) < 4.78 is 29.5. The summed E-state index contributed by atoms with van der Waals surface area (Å²) in [4.78, 5) is 21.1. The minimum absolute atomic E-state index is 0.0707. The van der Waals surface area contributed by atoms with E-state index in [0.717, 1.165) is 80.1 Å². The third kappa shape index (κ3) is 4.41. The third-order valence-electron chi connectivity index (χ3n) is 8.63. The molecule has 1 aromatic heterocycles. The van der Waals surface area contributed by atoms with Gasteiger partial charge in [0.1, 0.15) is 23.2 Å². The Kier molecular flexibility index (Phi) is 6.00. The Hall–Kier alpha value is -3.17. The molecule has 0 unspecified atom stereocenters. The number of imidazole rings is 1. The Bertz CT molecular complexity index is 1360. The number of anilines is 1. The molecule has 9 heteroatoms. The van der Waals surface area contributed by atoms with Crippen LogP contribution in [-0.2, 0) is 9.53 Å². The summed E-state index contributed by atoms with van der Waals surface area (Å²) in [5, 5.41) is 2.91. The van der Waals surface area contributed by atoms with Crippen LogP contribution in [-0.4, -0.2) is 78.4 Å². The van der Waals surface area contributed by atoms with Crippen LogP contribution in [0.1, 0.15) is 32.2 Å². The fourth-order valence-electron chi connectivity index (χ4n) is 5.98. The molecule has 0 radical (unpaired) electrons. The van der Waals surface area contributed by atoms with E-state index in [1.165, 1.54) is 0 Å². The molecule has 2 aromatic carbocycles. The smallest absolute Gasteiger partial charge is 0.220 e. The maximum atomic E-state index is 15.5. The van der Waals surface area contributed by atoms with Gasteiger partial charge in [-0.05, 0) is 55.2 Å². The molecule has 7 rings (SSSR count). The Balaban J connectivity index is 1.16. The fraction of sp³-hybridized carbons (Fsp3) is 0.517. The summed E-state index contributed by atoms with van der Waals surface area (Å²) in [6, 6.07) is 10.5. The number of benzene rings is 2. The van der Waals surface area contributed by atoms with E-state index >= 15 is 4.39 Å². The van der Waals surface area contributed by atoms with E-state index in [0.29, 0.717) is 30.7 Å². The maximum absolute atomic E-state index is 15.5. The van der Waals surface area contributed by atoms with Gasteiger partial charge in [-0.3, -0.25) is 9.69 Å². The largest absolute Gasteiger partial charge is 0.488 e. The normalized spacial score (nSPS) is 23.5. The van der Waals surface area contributed by atoms with Crippen LogP contribution in [0.4, 0.5) is 10.1 Å². The van der Waals surface area contributed by atoms with Crippen LogP contribution in [0.5, 0.6) is 5.75 Å². The van der Waals surface area contributed by atoms with Gasteiger partial charge in [0, 0.05) is 51.1 Å². The van der Waals surface area contributed by atoms with Crippen molar-refractivity contribution in [3.05, 3.63) is 42.5 Å². The topological polar surface area (TPSA) is 71.9 Å². The van der Waals surface area contributed by atoms with Gasteiger partial charge in [0.25, 0.3) is 0 Å². The van der Waals surface area contributed by atoms with E-state index in [4.69, 9.17) is 14.5 Å². The average Bonchev–Trinajstić information content (AvgIpc) is 3.48. The van der Waals surface area contributed by atoms with E-state index in [2.05, 4.69) is 19.7 Å². The van der Waals surface area contributed by atoms with Crippen molar-refractivity contribution in [1.82, 2.24) is 19.8 Å². The highest BCUT2D eigenvalue weighted by molar-refractivity contribution is 5.88. The van der Waals surface area contributed by atoms with Crippen LogP contribution in [0.25, 0.3) is 22.2 Å². The first-order valence-electron chi connectivity index (χ1n) is 13.8. The number of nitrogens with one attached hydrogen (secondary N) is 1. The summed E-state index contributed by atoms with van der Waals surface area (Å²) in [6.45, 7) is 7.75. The van der Waals surface area contributed by atoms with Gasteiger partial charge < -0.3 is 24.3 Å². The molecule has 4 fully saturated rings. The second-order valence-corrected chi connectivity index (χ2v) is 11.2. The zero-order valence-corrected chi connectivity index (χ0v) is 21.7. The monoisotopic (exact) mass is 519 g/mol. The third-order valence-corrected chi connectivity index (χ3v) is 8.63. The van der Waals surface area contributed by atoms with E-state index in [-0.39, 0.29) is 23.7 Å². The van der Waals surface area contributed by atoms with Gasteiger partial charge >= 0.3 is 0 Å². The molecular formula is C29H34FN5O3. The Morgan fingerprint density at radius 2 is 1.89 bits per heavy atom. The Morgan fingerprint density at radius 3 is 2.55 bits per heavy atom. The van der Waals surface area contributed by atoms with Gasteiger partial charge in [-0.15, -0.1) is 0 Å². The lowest BCUT2D eigenvalue weighted by Crippen LogP contribution is -2.56. The van der Waals surface area contributed by atoms with E-state index in [9.17, 15) is 4.79 Å². The minimum Gasteiger partial charge on any atom is -0.488 e. The molecule has 3 aromatic rings. The summed E-state index contributed by atoms with van der Waals surface area (Å²) in [5.41, 5.74) is 4.15. The number of carbonyl (C=O) groups is 1. The first kappa shape index (κ1) is 23.9. The Labute approximate surface area is 221 Å². The molecule has 38 heavy (non-hydrogen) atoms. The predicted octanol–water partition coefficient (Wildman–Crippen LogP) is 3.60. The highest BCUT2D eigenvalue weighted by Gasteiger charge is 2.32. The van der Waals surface area contributed by atoms with Crippen molar-refractivity contribution in [3.63, 3.8) is 0 Å². The fourth-order valence-corrected chi connectivity index (χ4v) is 5.98. The number of carbonyl (C=O) groups excluding carboxylic acids is 1. The number of hydrogen-bond acceptors (Lipinski definition) is 6. The molecule has 1 amide bonds. The summed E-state index contributed by atoms with van der Waals surface area (Å²) in [7, 11) is 0. The number of halogens is 1. The zero-order chi connectivity index (χ0) is 25.8. The van der Waals surface area contributed by atoms with E-state index in [1.807, 2.05) is 37.5 Å². The van der Waals surface area contributed by atoms with Crippen molar-refractivity contribution in [1.29, 1.82) is 0 Å². The van der Waals surface area contributed by atoms with Gasteiger partial charge in [-0.2, -0.15) is 0 Å². The number of hydrogen-bond donors (Lipinski definition) is 1. The molecule has 4 aliphatic rings. The lowest BCUT2D eigenvalue weighted by atomic mass is 10.0. The van der Waals surface area contributed by atoms with Crippen molar-refractivity contribution >= 4 is 22.6 Å². The number of amides is 1. The molecule has 3 saturated heterocycles. The van der Waals surface area contributed by atoms with Crippen LogP contribution < -0.4 is 15.0 Å². The van der Waals surface area contributed by atoms with Gasteiger partial charge in [0.2, 0.25) is 5.91 Å². The molecule has 8 nitrogen and oxygen atoms in total. The van der Waals surface area contributed by atoms with Crippen LogP contribution >= 0.6 is 0 Å². The predicted molar refractivity (Wildman–Crippen MR) is 143 cm³/mol. The molecule has 200 valence electrons. The summed E-state index contributed by atoms with van der Waals surface area (Å²) >= 11 is 0. The molecular weight excluding hydrogens is 485 g/mol. The van der Waals surface area contributed by atoms with Crippen LogP contribution in [0, 0.1) is 11.7 Å². The molecule has 1 aliphatic carbocycles. The van der Waals surface area contributed by atoms with Crippen molar-refractivity contribution in [2.75, 3.05) is 50.8 Å². The molecule has 4 heterocycles. The van der Waals surface area contributed by atoms with Crippen LogP contribution in [0.2, 0.25) is 0 Å². The van der Waals surface area contributed by atoms with Gasteiger partial charge in [-0.1, -0.05) is 6.07 Å². The quantitative estimate of drug-likeness (QED) is 0.515. The number of piperazine rings is 1. The lowest BCUT2D eigenvalue weighted by Gasteiger charge is -2.43. The molecule has 1 saturated carbocycles. The Morgan fingerprint density at radius 1 is 1.08 bits per heavy atom. The molecule has 0 bridgehead atoms. The summed E-state index contributed by atoms with van der Waals surface area (Å²) in [5.74, 6) is 0.723. The molecule has 3 aliphatic heterocycles. The average molecular weight is 520 g/mol. The molecule has 2 atom stereocenters. The van der Waals surface area contributed by atoms with Gasteiger partial charge in [-0.25, -0.2) is 9.37 Å². The van der Waals surface area contributed by atoms with Crippen molar-refractivity contribution in [3.8, 4) is 16.9 Å². The first-order valence-corrected chi connectivity index (χ1v) is 13.8. The van der Waals surface area contributed by atoms with Gasteiger partial charge in [0.15, 0.2) is 0 Å². The van der Waals surface area contributed by atoms with E-state index < -0.39 is 0 Å². The SMILES string of the molecule is C[C@@H](Oc1cc(-c2ccc(N3CCN(C4COC4)CC3)c(F)c2)cc2ncn(C3CC3)c12)[C@H]1CNC(=O)C1. The van der Waals surface area contributed by atoms with Crippen LogP contribution in [0.15, 0.2) is 36.7 Å². The lowest BCUT2D eigenvalue weighted by molar-refractivity contribution is -0.119. The van der Waals surface area contributed by atoms with E-state index in [1.54, 1.807) is 6.07 Å². The number of ether oxygens (including phenoxy) is 2. The highest BCUT2D eigenvalue weighted by atomic mass is 19.1. The number of nitrogens with zero attached hydrogens (tertiary/aromatic N) is 4. The van der Waals surface area contributed by atoms with Gasteiger partial charge in [0.05, 0.1) is 36.8 Å². The highest BCUT2D eigenvalue weighted by Crippen LogP contribution is 2.42. The van der Waals surface area contributed by atoms with Crippen molar-refractivity contribution < 1.29 is 18.7 Å². The minimum atomic E-state index is -0.210. The first-order chi connectivity index (χ1) is 18.5. The second-order valence-electron chi connectivity index (χ2n) is 11.2. The number of rotatable bonds is 7. The second kappa shape index (κ2) is 9.54. The van der Waals surface area contributed by atoms with Crippen molar-refractivity contribution in [2.45, 2.75) is 44.4 Å². The summed E-state index contributed by atoms with van der Waals surface area (Å²) in [6.07, 6.45) is 4.50. The molecule has 1 N–H and O–H groups in total. The van der Waals surface area contributed by atoms with Crippen LogP contribution in [0.3, 0.4) is 0 Å². The maximum Gasteiger partial charge on any atom is 0.220 e. The number of fused-ring (bicyclic) bond motifs is 1. The molecule has 0 spiro atoms. The zero-order valence-electron chi connectivity index (χ0n) is 21.7. The number of aromatic nitrogens is 2. The van der Waals surface area contributed by atoms with Crippen molar-refractivity contribution in [2.24, 2.45) is 5.92 Å². The standard InChI is InChI=1S/C29H34FN5O3/c1-18(21-13-28(36)31-14-21)38-27-12-20(11-25-29(27)35(17-32-25)22-3-4-22)19-2-5-26(24(30)10-19)34-8-6-33(7-9-34)23-15-37-16-23/h2,5,10-12,17-18,21-23H,3-4,6-9,13-16H2,1H3,(H,31,36)/t18-,21-/m1/s1.